The molecule has 7 heteroatoms. The number of carbonyl (C=O) groups is 3. The van der Waals surface area contributed by atoms with Gasteiger partial charge >= 0.3 is 12.1 Å². The smallest absolute Gasteiger partial charge is 0.407 e. The van der Waals surface area contributed by atoms with E-state index >= 15 is 0 Å². The Morgan fingerprint density at radius 3 is 2.29 bits per heavy atom. The van der Waals surface area contributed by atoms with Gasteiger partial charge in [-0.05, 0) is 46.9 Å². The number of alkyl carbamates (subject to hydrolysis) is 1. The lowest BCUT2D eigenvalue weighted by atomic mass is 9.98. The molecule has 0 radical (unpaired) electrons. The highest BCUT2D eigenvalue weighted by Gasteiger charge is 2.31. The summed E-state index contributed by atoms with van der Waals surface area (Å²) in [6.07, 6.45) is 1.23. The summed E-state index contributed by atoms with van der Waals surface area (Å²) in [6.45, 7) is 5.40. The Hall–Kier alpha value is -3.35. The molecule has 1 fully saturated rings. The van der Waals surface area contributed by atoms with Crippen LogP contribution in [0.25, 0.3) is 11.1 Å². The van der Waals surface area contributed by atoms with Crippen LogP contribution in [0, 0.1) is 11.8 Å². The maximum atomic E-state index is 12.9. The first-order valence-corrected chi connectivity index (χ1v) is 12.4. The molecule has 35 heavy (non-hydrogen) atoms. The number of nitrogens with one attached hydrogen (secondary N) is 1. The third-order valence-corrected chi connectivity index (χ3v) is 7.25. The third kappa shape index (κ3) is 5.84. The predicted molar refractivity (Wildman–Crippen MR) is 133 cm³/mol. The Balaban J connectivity index is 1.31. The van der Waals surface area contributed by atoms with Gasteiger partial charge < -0.3 is 20.1 Å². The van der Waals surface area contributed by atoms with Crippen molar-refractivity contribution in [1.82, 2.24) is 10.2 Å². The van der Waals surface area contributed by atoms with E-state index in [-0.39, 0.29) is 49.2 Å². The van der Waals surface area contributed by atoms with Crippen molar-refractivity contribution < 1.29 is 24.2 Å². The van der Waals surface area contributed by atoms with Gasteiger partial charge in [-0.1, -0.05) is 62.4 Å². The zero-order valence-corrected chi connectivity index (χ0v) is 20.4. The first-order valence-electron chi connectivity index (χ1n) is 12.4. The van der Waals surface area contributed by atoms with E-state index in [1.807, 2.05) is 38.1 Å². The topological polar surface area (TPSA) is 95.9 Å². The van der Waals surface area contributed by atoms with Gasteiger partial charge in [-0.25, -0.2) is 4.79 Å². The van der Waals surface area contributed by atoms with Crippen LogP contribution in [0.4, 0.5) is 4.79 Å². The minimum atomic E-state index is -0.804. The summed E-state index contributed by atoms with van der Waals surface area (Å²) in [5.74, 6) is -0.547. The largest absolute Gasteiger partial charge is 0.481 e. The molecule has 2 amide bonds. The van der Waals surface area contributed by atoms with E-state index in [2.05, 4.69) is 29.6 Å². The minimum absolute atomic E-state index is 0.0135. The first kappa shape index (κ1) is 24.8. The molecular weight excluding hydrogens is 444 g/mol. The third-order valence-electron chi connectivity index (χ3n) is 7.25. The van der Waals surface area contributed by atoms with E-state index in [9.17, 15) is 14.4 Å². The van der Waals surface area contributed by atoms with Crippen molar-refractivity contribution in [2.75, 3.05) is 19.7 Å². The summed E-state index contributed by atoms with van der Waals surface area (Å²) >= 11 is 0. The number of hydrogen-bond acceptors (Lipinski definition) is 4. The number of carboxylic acids is 1. The maximum absolute atomic E-state index is 12.9. The van der Waals surface area contributed by atoms with Gasteiger partial charge in [0.2, 0.25) is 5.91 Å². The van der Waals surface area contributed by atoms with Gasteiger partial charge in [0.25, 0.3) is 0 Å². The van der Waals surface area contributed by atoms with E-state index in [0.29, 0.717) is 19.5 Å². The number of aliphatic carboxylic acids is 1. The first-order chi connectivity index (χ1) is 16.8. The number of nitrogens with zero attached hydrogens (tertiary/aromatic N) is 1. The second-order valence-electron chi connectivity index (χ2n) is 9.95. The molecule has 1 saturated heterocycles. The van der Waals surface area contributed by atoms with Crippen molar-refractivity contribution in [3.63, 3.8) is 0 Å². The van der Waals surface area contributed by atoms with Crippen molar-refractivity contribution in [2.24, 2.45) is 11.8 Å². The van der Waals surface area contributed by atoms with Gasteiger partial charge in [0.15, 0.2) is 0 Å². The molecule has 2 aliphatic rings. The van der Waals surface area contributed by atoms with Gasteiger partial charge in [-0.15, -0.1) is 0 Å². The van der Waals surface area contributed by atoms with Crippen LogP contribution < -0.4 is 5.32 Å². The number of amides is 2. The quantitative estimate of drug-likeness (QED) is 0.547. The van der Waals surface area contributed by atoms with E-state index in [0.717, 1.165) is 17.5 Å². The van der Waals surface area contributed by atoms with Crippen LogP contribution in [0.5, 0.6) is 0 Å². The number of benzene rings is 2. The van der Waals surface area contributed by atoms with Crippen molar-refractivity contribution in [3.05, 3.63) is 59.7 Å². The van der Waals surface area contributed by atoms with E-state index in [1.165, 1.54) is 11.1 Å². The number of hydrogen-bond donors (Lipinski definition) is 2. The minimum Gasteiger partial charge on any atom is -0.481 e. The molecule has 0 aromatic heterocycles. The van der Waals surface area contributed by atoms with Crippen LogP contribution in [-0.4, -0.2) is 53.7 Å². The van der Waals surface area contributed by atoms with Crippen LogP contribution in [0.1, 0.15) is 56.6 Å². The average Bonchev–Trinajstić information content (AvgIpc) is 3.44. The summed E-state index contributed by atoms with van der Waals surface area (Å²) in [6, 6.07) is 16.1. The molecule has 2 aromatic carbocycles. The number of ether oxygens (including phenoxy) is 1. The Labute approximate surface area is 206 Å². The highest BCUT2D eigenvalue weighted by Crippen LogP contribution is 2.44. The zero-order chi connectivity index (χ0) is 24.9. The van der Waals surface area contributed by atoms with Crippen molar-refractivity contribution in [3.8, 4) is 11.1 Å². The van der Waals surface area contributed by atoms with Gasteiger partial charge in [-0.3, -0.25) is 9.59 Å². The summed E-state index contributed by atoms with van der Waals surface area (Å²) < 4.78 is 5.67. The average molecular weight is 479 g/mol. The lowest BCUT2D eigenvalue weighted by Crippen LogP contribution is -2.43. The molecule has 186 valence electrons. The number of carboxylic acid groups (broad SMARTS) is 1. The molecule has 1 aliphatic carbocycles. The molecule has 2 aromatic rings. The van der Waals surface area contributed by atoms with Gasteiger partial charge in [0.1, 0.15) is 6.61 Å². The van der Waals surface area contributed by atoms with Crippen LogP contribution >= 0.6 is 0 Å². The van der Waals surface area contributed by atoms with Gasteiger partial charge in [-0.2, -0.15) is 0 Å². The summed E-state index contributed by atoms with van der Waals surface area (Å²) in [5.41, 5.74) is 4.66. The lowest BCUT2D eigenvalue weighted by molar-refractivity contribution is -0.137. The van der Waals surface area contributed by atoms with E-state index in [1.54, 1.807) is 4.90 Å². The van der Waals surface area contributed by atoms with Crippen LogP contribution in [-0.2, 0) is 14.3 Å². The number of carbonyl (C=O) groups excluding carboxylic acids is 2. The standard InChI is InChI=1S/C28H34N2O5/c1-18(2)25(15-26(31)30-14-13-19(16-30)11-12-27(32)33)29-28(34)35-17-24-22-9-5-3-7-20(22)21-8-4-6-10-23(21)24/h3-10,18-19,24-25H,11-17H2,1-2H3,(H,29,34)(H,32,33)/t19?,25-/m0/s1. The molecule has 2 N–H and O–H groups in total. The Morgan fingerprint density at radius 1 is 1.06 bits per heavy atom. The van der Waals surface area contributed by atoms with Crippen molar-refractivity contribution in [1.29, 1.82) is 0 Å². The molecule has 1 aliphatic heterocycles. The SMILES string of the molecule is CC(C)[C@H](CC(=O)N1CCC(CCC(=O)O)C1)NC(=O)OCC1c2ccccc2-c2ccccc21. The summed E-state index contributed by atoms with van der Waals surface area (Å²) in [4.78, 5) is 38.2. The van der Waals surface area contributed by atoms with Crippen LogP contribution in [0.3, 0.4) is 0 Å². The molecular formula is C28H34N2O5. The Bertz CT molecular complexity index is 1040. The Kier molecular flexibility index (Phi) is 7.73. The molecule has 0 saturated carbocycles. The monoisotopic (exact) mass is 478 g/mol. The molecule has 1 heterocycles. The molecule has 0 bridgehead atoms. The van der Waals surface area contributed by atoms with Gasteiger partial charge in [0, 0.05) is 37.9 Å². The molecule has 2 atom stereocenters. The fraction of sp³-hybridized carbons (Fsp3) is 0.464. The van der Waals surface area contributed by atoms with Gasteiger partial charge in [0.05, 0.1) is 0 Å². The van der Waals surface area contributed by atoms with E-state index < -0.39 is 12.1 Å². The normalized spacial score (nSPS) is 17.7. The summed E-state index contributed by atoms with van der Waals surface area (Å²) in [5, 5.41) is 11.8. The fourth-order valence-corrected chi connectivity index (χ4v) is 5.18. The maximum Gasteiger partial charge on any atom is 0.407 e. The lowest BCUT2D eigenvalue weighted by Gasteiger charge is -2.25. The van der Waals surface area contributed by atoms with Crippen molar-refractivity contribution in [2.45, 2.75) is 51.5 Å². The predicted octanol–water partition coefficient (Wildman–Crippen LogP) is 4.65. The molecule has 1 unspecified atom stereocenters. The van der Waals surface area contributed by atoms with Crippen molar-refractivity contribution >= 4 is 18.0 Å². The van der Waals surface area contributed by atoms with E-state index in [4.69, 9.17) is 9.84 Å². The molecule has 4 rings (SSSR count). The molecule has 0 spiro atoms. The molecule has 7 nitrogen and oxygen atoms in total. The highest BCUT2D eigenvalue weighted by molar-refractivity contribution is 5.80. The van der Waals surface area contributed by atoms with Crippen LogP contribution in [0.15, 0.2) is 48.5 Å². The number of likely N-dealkylation sites (tertiary alicyclic amines) is 1. The zero-order valence-electron chi connectivity index (χ0n) is 20.4. The Morgan fingerprint density at radius 2 is 1.69 bits per heavy atom. The summed E-state index contributed by atoms with van der Waals surface area (Å²) in [7, 11) is 0. The second-order valence-corrected chi connectivity index (χ2v) is 9.95. The number of fused-ring (bicyclic) bond motifs is 3. The number of rotatable bonds is 9. The second kappa shape index (κ2) is 10.9. The van der Waals surface area contributed by atoms with Crippen LogP contribution in [0.2, 0.25) is 0 Å². The fourth-order valence-electron chi connectivity index (χ4n) is 5.18. The highest BCUT2D eigenvalue weighted by atomic mass is 16.5.